The van der Waals surface area contributed by atoms with Crippen molar-refractivity contribution in [3.63, 3.8) is 0 Å². The van der Waals surface area contributed by atoms with E-state index in [1.54, 1.807) is 6.07 Å². The molecule has 18 heavy (non-hydrogen) atoms. The number of ketones is 1. The van der Waals surface area contributed by atoms with E-state index in [4.69, 9.17) is 0 Å². The molecular formula is C16H23FO. The van der Waals surface area contributed by atoms with E-state index >= 15 is 0 Å². The molecule has 0 atom stereocenters. The molecule has 100 valence electrons. The highest BCUT2D eigenvalue weighted by Crippen LogP contribution is 2.13. The Morgan fingerprint density at radius 1 is 1.06 bits per heavy atom. The molecule has 0 saturated heterocycles. The number of hydrogen-bond donors (Lipinski definition) is 0. The van der Waals surface area contributed by atoms with Crippen molar-refractivity contribution in [1.82, 2.24) is 0 Å². The van der Waals surface area contributed by atoms with Crippen molar-refractivity contribution in [1.29, 1.82) is 0 Å². The Morgan fingerprint density at radius 3 is 2.39 bits per heavy atom. The summed E-state index contributed by atoms with van der Waals surface area (Å²) in [6.07, 6.45) is 7.51. The van der Waals surface area contributed by atoms with Gasteiger partial charge in [-0.3, -0.25) is 4.79 Å². The average molecular weight is 250 g/mol. The Hall–Kier alpha value is -1.18. The van der Waals surface area contributed by atoms with Crippen LogP contribution in [-0.4, -0.2) is 5.78 Å². The molecule has 1 rings (SSSR count). The van der Waals surface area contributed by atoms with Gasteiger partial charge in [-0.05, 0) is 37.1 Å². The van der Waals surface area contributed by atoms with Gasteiger partial charge in [-0.2, -0.15) is 0 Å². The first-order chi connectivity index (χ1) is 8.63. The summed E-state index contributed by atoms with van der Waals surface area (Å²) in [6.45, 7) is 4.00. The summed E-state index contributed by atoms with van der Waals surface area (Å²) in [5.74, 6) is -0.255. The largest absolute Gasteiger partial charge is 0.294 e. The first kappa shape index (κ1) is 14.9. The number of hydrogen-bond acceptors (Lipinski definition) is 1. The second kappa shape index (κ2) is 8.02. The molecule has 0 heterocycles. The maximum atomic E-state index is 13.2. The third-order valence-electron chi connectivity index (χ3n) is 3.12. The summed E-state index contributed by atoms with van der Waals surface area (Å²) < 4.78 is 13.2. The van der Waals surface area contributed by atoms with Crippen molar-refractivity contribution in [2.75, 3.05) is 0 Å². The van der Waals surface area contributed by atoms with Crippen molar-refractivity contribution in [2.24, 2.45) is 0 Å². The first-order valence-corrected chi connectivity index (χ1v) is 6.94. The van der Waals surface area contributed by atoms with Crippen LogP contribution in [0.15, 0.2) is 18.2 Å². The third-order valence-corrected chi connectivity index (χ3v) is 3.12. The summed E-state index contributed by atoms with van der Waals surface area (Å²) in [7, 11) is 0. The van der Waals surface area contributed by atoms with E-state index in [9.17, 15) is 9.18 Å². The van der Waals surface area contributed by atoms with Gasteiger partial charge in [-0.15, -0.1) is 0 Å². The Morgan fingerprint density at radius 2 is 1.72 bits per heavy atom. The zero-order valence-electron chi connectivity index (χ0n) is 11.5. The lowest BCUT2D eigenvalue weighted by molar-refractivity contribution is 0.0978. The molecule has 1 aromatic rings. The molecule has 0 unspecified atom stereocenters. The fourth-order valence-electron chi connectivity index (χ4n) is 2.11. The zero-order valence-corrected chi connectivity index (χ0v) is 11.5. The molecule has 0 radical (unpaired) electrons. The van der Waals surface area contributed by atoms with Gasteiger partial charge in [0.05, 0.1) is 0 Å². The fraction of sp³-hybridized carbons (Fsp3) is 0.562. The molecule has 0 amide bonds. The number of aryl methyl sites for hydroxylation is 1. The van der Waals surface area contributed by atoms with Crippen molar-refractivity contribution in [3.05, 3.63) is 35.1 Å². The van der Waals surface area contributed by atoms with Crippen LogP contribution in [-0.2, 0) is 0 Å². The summed E-state index contributed by atoms with van der Waals surface area (Å²) >= 11 is 0. The number of carbonyl (C=O) groups is 1. The Bertz CT molecular complexity index is 364. The van der Waals surface area contributed by atoms with Crippen LogP contribution in [0.1, 0.15) is 67.8 Å². The molecule has 0 aromatic heterocycles. The van der Waals surface area contributed by atoms with Gasteiger partial charge in [0.2, 0.25) is 0 Å². The van der Waals surface area contributed by atoms with Gasteiger partial charge in [0.25, 0.3) is 0 Å². The molecule has 0 aliphatic carbocycles. The van der Waals surface area contributed by atoms with E-state index in [1.807, 2.05) is 6.92 Å². The first-order valence-electron chi connectivity index (χ1n) is 6.94. The molecular weight excluding hydrogens is 227 g/mol. The monoisotopic (exact) mass is 250 g/mol. The summed E-state index contributed by atoms with van der Waals surface area (Å²) in [6, 6.07) is 4.55. The number of halogens is 1. The number of carbonyl (C=O) groups excluding carboxylic acids is 1. The van der Waals surface area contributed by atoms with Gasteiger partial charge in [0.1, 0.15) is 5.82 Å². The van der Waals surface area contributed by atoms with Crippen LogP contribution >= 0.6 is 0 Å². The van der Waals surface area contributed by atoms with Gasteiger partial charge in [-0.1, -0.05) is 39.0 Å². The van der Waals surface area contributed by atoms with Gasteiger partial charge in [0, 0.05) is 12.0 Å². The normalized spacial score (nSPS) is 10.6. The van der Waals surface area contributed by atoms with Crippen molar-refractivity contribution < 1.29 is 9.18 Å². The smallest absolute Gasteiger partial charge is 0.162 e. The quantitative estimate of drug-likeness (QED) is 0.465. The highest BCUT2D eigenvalue weighted by atomic mass is 19.1. The van der Waals surface area contributed by atoms with E-state index in [0.717, 1.165) is 18.4 Å². The predicted molar refractivity (Wildman–Crippen MR) is 73.5 cm³/mol. The SMILES string of the molecule is CCCCCCCCC(=O)c1cc(C)cc(F)c1. The van der Waals surface area contributed by atoms with Crippen LogP contribution in [0.2, 0.25) is 0 Å². The van der Waals surface area contributed by atoms with Crippen LogP contribution < -0.4 is 0 Å². The number of rotatable bonds is 8. The lowest BCUT2D eigenvalue weighted by Gasteiger charge is -2.03. The lowest BCUT2D eigenvalue weighted by Crippen LogP contribution is -2.00. The van der Waals surface area contributed by atoms with E-state index in [2.05, 4.69) is 6.92 Å². The summed E-state index contributed by atoms with van der Waals surface area (Å²) in [5, 5.41) is 0. The fourth-order valence-corrected chi connectivity index (χ4v) is 2.11. The highest BCUT2D eigenvalue weighted by molar-refractivity contribution is 5.96. The van der Waals surface area contributed by atoms with Crippen LogP contribution in [0, 0.1) is 12.7 Å². The number of Topliss-reactive ketones (excluding diaryl/α,β-unsaturated/α-hetero) is 1. The van der Waals surface area contributed by atoms with Crippen LogP contribution in [0.25, 0.3) is 0 Å². The Labute approximate surface area is 109 Å². The maximum Gasteiger partial charge on any atom is 0.162 e. The number of benzene rings is 1. The number of unbranched alkanes of at least 4 members (excludes halogenated alkanes) is 5. The molecule has 0 fully saturated rings. The predicted octanol–water partition coefficient (Wildman–Crippen LogP) is 5.07. The van der Waals surface area contributed by atoms with Crippen molar-refractivity contribution >= 4 is 5.78 Å². The minimum atomic E-state index is -0.318. The van der Waals surface area contributed by atoms with Gasteiger partial charge in [-0.25, -0.2) is 4.39 Å². The van der Waals surface area contributed by atoms with E-state index < -0.39 is 0 Å². The molecule has 0 aliphatic heterocycles. The second-order valence-corrected chi connectivity index (χ2v) is 4.96. The zero-order chi connectivity index (χ0) is 13.4. The minimum Gasteiger partial charge on any atom is -0.294 e. The van der Waals surface area contributed by atoms with Crippen molar-refractivity contribution in [3.8, 4) is 0 Å². The van der Waals surface area contributed by atoms with E-state index in [0.29, 0.717) is 12.0 Å². The minimum absolute atomic E-state index is 0.0630. The van der Waals surface area contributed by atoms with Gasteiger partial charge < -0.3 is 0 Å². The summed E-state index contributed by atoms with van der Waals surface area (Å²) in [4.78, 5) is 11.9. The Kier molecular flexibility index (Phi) is 6.63. The molecule has 1 aromatic carbocycles. The molecule has 2 heteroatoms. The molecule has 0 aliphatic rings. The van der Waals surface area contributed by atoms with Crippen LogP contribution in [0.3, 0.4) is 0 Å². The molecule has 0 spiro atoms. The molecule has 0 bridgehead atoms. The van der Waals surface area contributed by atoms with Crippen LogP contribution in [0.5, 0.6) is 0 Å². The Balaban J connectivity index is 2.32. The lowest BCUT2D eigenvalue weighted by atomic mass is 10.0. The average Bonchev–Trinajstić information content (AvgIpc) is 2.32. The molecule has 0 N–H and O–H groups in total. The molecule has 0 saturated carbocycles. The van der Waals surface area contributed by atoms with Gasteiger partial charge in [0.15, 0.2) is 5.78 Å². The van der Waals surface area contributed by atoms with Gasteiger partial charge >= 0.3 is 0 Å². The topological polar surface area (TPSA) is 17.1 Å². The van der Waals surface area contributed by atoms with Crippen molar-refractivity contribution in [2.45, 2.75) is 58.8 Å². The molecule has 1 nitrogen and oxygen atoms in total. The third kappa shape index (κ3) is 5.44. The van der Waals surface area contributed by atoms with E-state index in [1.165, 1.54) is 37.8 Å². The standard InChI is InChI=1S/C16H23FO/c1-3-4-5-6-7-8-9-16(18)14-10-13(2)11-15(17)12-14/h10-12H,3-9H2,1-2H3. The highest BCUT2D eigenvalue weighted by Gasteiger charge is 2.07. The maximum absolute atomic E-state index is 13.2. The van der Waals surface area contributed by atoms with Crippen LogP contribution in [0.4, 0.5) is 4.39 Å². The second-order valence-electron chi connectivity index (χ2n) is 4.96. The summed E-state index contributed by atoms with van der Waals surface area (Å²) in [5.41, 5.74) is 1.32. The van der Waals surface area contributed by atoms with E-state index in [-0.39, 0.29) is 11.6 Å².